The van der Waals surface area contributed by atoms with Gasteiger partial charge in [0.25, 0.3) is 5.91 Å². The molecular weight excluding hydrogens is 476 g/mol. The van der Waals surface area contributed by atoms with Crippen LogP contribution in [0.3, 0.4) is 0 Å². The molecule has 2 amide bonds. The van der Waals surface area contributed by atoms with Crippen molar-refractivity contribution in [1.82, 2.24) is 10.2 Å². The van der Waals surface area contributed by atoms with Gasteiger partial charge in [0.2, 0.25) is 5.91 Å². The molecule has 1 N–H and O–H groups in total. The minimum Gasteiger partial charge on any atom is -0.493 e. The number of nitrogens with one attached hydrogen (secondary N) is 1. The van der Waals surface area contributed by atoms with Gasteiger partial charge in [-0.3, -0.25) is 9.59 Å². The SMILES string of the molecule is COc1cccc(CNC(=O)CSC2=Nc3ccccc3C3=N[C@@H](c4ccccc4)C(=O)N23)c1OC. The van der Waals surface area contributed by atoms with E-state index in [-0.39, 0.29) is 24.1 Å². The van der Waals surface area contributed by atoms with Gasteiger partial charge in [0.15, 0.2) is 22.7 Å². The van der Waals surface area contributed by atoms with Crippen LogP contribution in [0, 0.1) is 0 Å². The number of ether oxygens (including phenoxy) is 2. The average molecular weight is 501 g/mol. The number of rotatable bonds is 7. The van der Waals surface area contributed by atoms with E-state index < -0.39 is 6.04 Å². The molecule has 0 saturated carbocycles. The fourth-order valence-corrected chi connectivity index (χ4v) is 5.00. The monoisotopic (exact) mass is 500 g/mol. The lowest BCUT2D eigenvalue weighted by Crippen LogP contribution is -2.40. The molecule has 8 nitrogen and oxygen atoms in total. The van der Waals surface area contributed by atoms with E-state index in [0.29, 0.717) is 22.5 Å². The molecule has 0 unspecified atom stereocenters. The van der Waals surface area contributed by atoms with E-state index in [0.717, 1.165) is 22.4 Å². The molecule has 0 spiro atoms. The number of carbonyl (C=O) groups is 2. The largest absolute Gasteiger partial charge is 0.493 e. The van der Waals surface area contributed by atoms with Gasteiger partial charge < -0.3 is 14.8 Å². The molecule has 2 aliphatic heterocycles. The molecule has 0 aliphatic carbocycles. The fraction of sp³-hybridized carbons (Fsp3) is 0.185. The van der Waals surface area contributed by atoms with Crippen LogP contribution in [0.2, 0.25) is 0 Å². The maximum absolute atomic E-state index is 13.4. The van der Waals surface area contributed by atoms with Crippen molar-refractivity contribution >= 4 is 40.3 Å². The highest BCUT2D eigenvalue weighted by molar-refractivity contribution is 8.14. The maximum atomic E-state index is 13.4. The molecule has 0 aromatic heterocycles. The predicted molar refractivity (Wildman–Crippen MR) is 140 cm³/mol. The van der Waals surface area contributed by atoms with Crippen LogP contribution < -0.4 is 14.8 Å². The van der Waals surface area contributed by atoms with Crippen LogP contribution in [0.25, 0.3) is 0 Å². The zero-order valence-electron chi connectivity index (χ0n) is 19.8. The summed E-state index contributed by atoms with van der Waals surface area (Å²) in [5.41, 5.74) is 3.13. The van der Waals surface area contributed by atoms with E-state index >= 15 is 0 Å². The zero-order chi connectivity index (χ0) is 25.1. The zero-order valence-corrected chi connectivity index (χ0v) is 20.6. The van der Waals surface area contributed by atoms with E-state index in [1.165, 1.54) is 16.7 Å². The van der Waals surface area contributed by atoms with Crippen LogP contribution in [0.5, 0.6) is 11.5 Å². The fourth-order valence-electron chi connectivity index (χ4n) is 4.17. The summed E-state index contributed by atoms with van der Waals surface area (Å²) in [5, 5.41) is 3.34. The Morgan fingerprint density at radius 3 is 2.56 bits per heavy atom. The highest BCUT2D eigenvalue weighted by atomic mass is 32.2. The number of hydrogen-bond acceptors (Lipinski definition) is 7. The number of amides is 2. The number of fused-ring (bicyclic) bond motifs is 3. The molecule has 9 heteroatoms. The van der Waals surface area contributed by atoms with Crippen LogP contribution >= 0.6 is 11.8 Å². The van der Waals surface area contributed by atoms with Gasteiger partial charge in [-0.05, 0) is 23.8 Å². The van der Waals surface area contributed by atoms with Crippen molar-refractivity contribution in [1.29, 1.82) is 0 Å². The number of hydrogen-bond donors (Lipinski definition) is 1. The van der Waals surface area contributed by atoms with Crippen LogP contribution in [-0.2, 0) is 16.1 Å². The summed E-state index contributed by atoms with van der Waals surface area (Å²) < 4.78 is 10.8. The lowest BCUT2D eigenvalue weighted by atomic mass is 10.1. The lowest BCUT2D eigenvalue weighted by molar-refractivity contribution is -0.124. The maximum Gasteiger partial charge on any atom is 0.263 e. The molecule has 36 heavy (non-hydrogen) atoms. The molecule has 0 bridgehead atoms. The van der Waals surface area contributed by atoms with Crippen LogP contribution in [0.1, 0.15) is 22.7 Å². The predicted octanol–water partition coefficient (Wildman–Crippen LogP) is 4.08. The van der Waals surface area contributed by atoms with Gasteiger partial charge in [-0.25, -0.2) is 14.9 Å². The molecule has 0 fully saturated rings. The van der Waals surface area contributed by atoms with Crippen LogP contribution in [0.4, 0.5) is 5.69 Å². The minimum absolute atomic E-state index is 0.0837. The van der Waals surface area contributed by atoms with Crippen molar-refractivity contribution in [3.05, 3.63) is 89.5 Å². The third kappa shape index (κ3) is 4.45. The molecule has 2 aliphatic rings. The van der Waals surface area contributed by atoms with Crippen molar-refractivity contribution < 1.29 is 19.1 Å². The van der Waals surface area contributed by atoms with Gasteiger partial charge in [-0.1, -0.05) is 66.4 Å². The van der Waals surface area contributed by atoms with Crippen LogP contribution in [0.15, 0.2) is 82.8 Å². The third-order valence-electron chi connectivity index (χ3n) is 5.88. The second-order valence-electron chi connectivity index (χ2n) is 8.07. The lowest BCUT2D eigenvalue weighted by Gasteiger charge is -2.25. The first kappa shape index (κ1) is 23.6. The molecular formula is C27H24N4O4S. The Kier molecular flexibility index (Phi) is 6.73. The minimum atomic E-state index is -0.646. The van der Waals surface area contributed by atoms with E-state index in [9.17, 15) is 9.59 Å². The summed E-state index contributed by atoms with van der Waals surface area (Å²) in [4.78, 5) is 37.2. The van der Waals surface area contributed by atoms with Crippen molar-refractivity contribution in [2.45, 2.75) is 12.6 Å². The molecule has 0 saturated heterocycles. The molecule has 3 aromatic rings. The van der Waals surface area contributed by atoms with Gasteiger partial charge in [-0.2, -0.15) is 0 Å². The van der Waals surface area contributed by atoms with Crippen LogP contribution in [-0.4, -0.2) is 47.7 Å². The average Bonchev–Trinajstić information content (AvgIpc) is 3.28. The van der Waals surface area contributed by atoms with Crippen molar-refractivity contribution in [3.63, 3.8) is 0 Å². The summed E-state index contributed by atoms with van der Waals surface area (Å²) in [5.74, 6) is 1.44. The summed E-state index contributed by atoms with van der Waals surface area (Å²) in [6, 6.07) is 21.9. The van der Waals surface area contributed by atoms with Crippen molar-refractivity contribution in [2.24, 2.45) is 9.98 Å². The Labute approximate surface area is 213 Å². The van der Waals surface area contributed by atoms with Gasteiger partial charge in [0.05, 0.1) is 25.7 Å². The van der Waals surface area contributed by atoms with E-state index in [4.69, 9.17) is 19.5 Å². The number of thioether (sulfide) groups is 1. The first-order valence-electron chi connectivity index (χ1n) is 11.3. The summed E-state index contributed by atoms with van der Waals surface area (Å²) in [6.45, 7) is 0.278. The normalized spacial score (nSPS) is 16.0. The van der Waals surface area contributed by atoms with Gasteiger partial charge in [-0.15, -0.1) is 0 Å². The van der Waals surface area contributed by atoms with Crippen molar-refractivity contribution in [3.8, 4) is 11.5 Å². The molecule has 0 radical (unpaired) electrons. The molecule has 3 aromatic carbocycles. The quantitative estimate of drug-likeness (QED) is 0.528. The van der Waals surface area contributed by atoms with E-state index in [1.807, 2.05) is 66.7 Å². The smallest absolute Gasteiger partial charge is 0.263 e. The highest BCUT2D eigenvalue weighted by Crippen LogP contribution is 2.37. The first-order chi connectivity index (χ1) is 17.6. The van der Waals surface area contributed by atoms with E-state index in [1.54, 1.807) is 20.3 Å². The summed E-state index contributed by atoms with van der Waals surface area (Å²) in [7, 11) is 3.13. The Morgan fingerprint density at radius 1 is 1.00 bits per heavy atom. The molecule has 1 atom stereocenters. The number of nitrogens with zero attached hydrogens (tertiary/aromatic N) is 3. The summed E-state index contributed by atoms with van der Waals surface area (Å²) in [6.07, 6.45) is 0. The van der Waals surface area contributed by atoms with Gasteiger partial charge in [0, 0.05) is 17.7 Å². The molecule has 5 rings (SSSR count). The Bertz CT molecular complexity index is 1370. The third-order valence-corrected chi connectivity index (χ3v) is 6.82. The second kappa shape index (κ2) is 10.2. The molecule has 2 heterocycles. The van der Waals surface area contributed by atoms with Crippen molar-refractivity contribution in [2.75, 3.05) is 20.0 Å². The Morgan fingerprint density at radius 2 is 1.78 bits per heavy atom. The number of aliphatic imine (C=N–C) groups is 2. The van der Waals surface area contributed by atoms with Gasteiger partial charge >= 0.3 is 0 Å². The number of benzene rings is 3. The number of para-hydroxylation sites is 2. The number of amidine groups is 2. The Balaban J connectivity index is 1.32. The standard InChI is InChI=1S/C27H24N4O4S/c1-34-21-14-8-11-18(24(21)35-2)15-28-22(32)16-36-27-29-20-13-7-6-12-19(20)25-30-23(26(33)31(25)27)17-9-4-3-5-10-17/h3-14,23H,15-16H2,1-2H3,(H,28,32)/t23-/m0/s1. The molecule has 182 valence electrons. The summed E-state index contributed by atoms with van der Waals surface area (Å²) >= 11 is 1.21. The Hall–Kier alpha value is -4.11. The van der Waals surface area contributed by atoms with E-state index in [2.05, 4.69) is 5.32 Å². The number of carbonyl (C=O) groups excluding carboxylic acids is 2. The first-order valence-corrected chi connectivity index (χ1v) is 12.3. The highest BCUT2D eigenvalue weighted by Gasteiger charge is 2.42. The topological polar surface area (TPSA) is 92.6 Å². The number of methoxy groups -OCH3 is 2. The van der Waals surface area contributed by atoms with Gasteiger partial charge in [0.1, 0.15) is 5.84 Å². The second-order valence-corrected chi connectivity index (χ2v) is 9.01.